The number of hydrogen-bond donors (Lipinski definition) is 0. The fraction of sp³-hybridized carbons (Fsp3) is 0.263. The highest BCUT2D eigenvalue weighted by molar-refractivity contribution is 8.04. The van der Waals surface area contributed by atoms with E-state index in [-0.39, 0.29) is 21.9 Å². The van der Waals surface area contributed by atoms with E-state index < -0.39 is 17.5 Å². The third-order valence-corrected chi connectivity index (χ3v) is 4.92. The van der Waals surface area contributed by atoms with Crippen LogP contribution in [0.3, 0.4) is 0 Å². The average Bonchev–Trinajstić information content (AvgIpc) is 3.14. The summed E-state index contributed by atoms with van der Waals surface area (Å²) in [4.78, 5) is 36.7. The van der Waals surface area contributed by atoms with Gasteiger partial charge in [0, 0.05) is 6.08 Å². The average molecular weight is 387 g/mol. The minimum atomic E-state index is -0.814. The number of esters is 1. The number of ether oxygens (including phenoxy) is 2. The van der Waals surface area contributed by atoms with Crippen molar-refractivity contribution in [2.45, 2.75) is 12.8 Å². The molecule has 1 aliphatic carbocycles. The molecule has 1 heterocycles. The highest BCUT2D eigenvalue weighted by Gasteiger charge is 2.36. The molecule has 7 nitrogen and oxygen atoms in total. The van der Waals surface area contributed by atoms with Crippen molar-refractivity contribution in [3.63, 3.8) is 0 Å². The fourth-order valence-corrected chi connectivity index (χ4v) is 3.47. The standard InChI is InChI=1S/C19H17NO6S/c1-24-19(23)16-15-17(22)14(11-13(21)18(15)26-20-16)27-10-6-5-9-25-12-7-3-2-4-8-12/h2-4,7-8,11H,5-6,9-10H2,1H3. The molecule has 0 N–H and O–H groups in total. The van der Waals surface area contributed by atoms with Gasteiger partial charge in [0.2, 0.25) is 23.0 Å². The Bertz CT molecular complexity index is 887. The number of carbonyl (C=O) groups excluding carboxylic acids is 3. The van der Waals surface area contributed by atoms with Gasteiger partial charge < -0.3 is 14.0 Å². The lowest BCUT2D eigenvalue weighted by molar-refractivity contribution is 0.0586. The van der Waals surface area contributed by atoms with Gasteiger partial charge in [-0.2, -0.15) is 0 Å². The van der Waals surface area contributed by atoms with Gasteiger partial charge in [-0.25, -0.2) is 4.79 Å². The minimum Gasteiger partial charge on any atom is -0.494 e. The SMILES string of the molecule is COC(=O)c1noc2c1C(=O)C(SCCCCOc1ccccc1)=CC2=O. The van der Waals surface area contributed by atoms with Gasteiger partial charge >= 0.3 is 5.97 Å². The second kappa shape index (κ2) is 8.68. The zero-order valence-corrected chi connectivity index (χ0v) is 15.4. The van der Waals surface area contributed by atoms with E-state index in [0.29, 0.717) is 12.4 Å². The third-order valence-electron chi connectivity index (χ3n) is 3.82. The Kier molecular flexibility index (Phi) is 6.08. The Hall–Kier alpha value is -2.87. The summed E-state index contributed by atoms with van der Waals surface area (Å²) in [7, 11) is 1.17. The molecule has 1 aromatic carbocycles. The molecule has 0 spiro atoms. The molecular formula is C19H17NO6S. The largest absolute Gasteiger partial charge is 0.494 e. The lowest BCUT2D eigenvalue weighted by Crippen LogP contribution is -2.17. The van der Waals surface area contributed by atoms with Crippen molar-refractivity contribution in [3.05, 3.63) is 58.3 Å². The quantitative estimate of drug-likeness (QED) is 0.503. The predicted molar refractivity (Wildman–Crippen MR) is 98.2 cm³/mol. The molecule has 0 atom stereocenters. The Balaban J connectivity index is 1.52. The number of aromatic nitrogens is 1. The van der Waals surface area contributed by atoms with Gasteiger partial charge in [-0.15, -0.1) is 11.8 Å². The number of rotatable bonds is 8. The summed E-state index contributed by atoms with van der Waals surface area (Å²) in [6, 6.07) is 9.52. The summed E-state index contributed by atoms with van der Waals surface area (Å²) in [5, 5.41) is 3.50. The van der Waals surface area contributed by atoms with E-state index in [0.717, 1.165) is 18.6 Å². The van der Waals surface area contributed by atoms with Crippen LogP contribution < -0.4 is 4.74 Å². The molecular weight excluding hydrogens is 370 g/mol. The van der Waals surface area contributed by atoms with Crippen LogP contribution in [0.1, 0.15) is 44.2 Å². The van der Waals surface area contributed by atoms with E-state index in [1.54, 1.807) is 0 Å². The molecule has 0 saturated carbocycles. The number of methoxy groups -OCH3 is 1. The van der Waals surface area contributed by atoms with E-state index in [1.807, 2.05) is 30.3 Å². The first-order valence-corrected chi connectivity index (χ1v) is 9.29. The first-order chi connectivity index (χ1) is 13.1. The molecule has 1 aliphatic rings. The number of hydrogen-bond acceptors (Lipinski definition) is 8. The molecule has 0 radical (unpaired) electrons. The van der Waals surface area contributed by atoms with Crippen LogP contribution in [0.2, 0.25) is 0 Å². The van der Waals surface area contributed by atoms with Crippen LogP contribution in [-0.2, 0) is 4.74 Å². The molecule has 2 aromatic rings. The number of carbonyl (C=O) groups is 3. The molecule has 8 heteroatoms. The number of fused-ring (bicyclic) bond motifs is 1. The second-order valence-corrected chi connectivity index (χ2v) is 6.78. The third kappa shape index (κ3) is 4.28. The molecule has 3 rings (SSSR count). The summed E-state index contributed by atoms with van der Waals surface area (Å²) in [6.45, 7) is 0.568. The van der Waals surface area contributed by atoms with Crippen LogP contribution >= 0.6 is 11.8 Å². The number of unbranched alkanes of at least 4 members (excludes halogenated alkanes) is 1. The van der Waals surface area contributed by atoms with E-state index in [4.69, 9.17) is 9.26 Å². The summed E-state index contributed by atoms with van der Waals surface area (Å²) in [5.74, 6) is -0.515. The normalized spacial score (nSPS) is 13.1. The van der Waals surface area contributed by atoms with Gasteiger partial charge in [0.25, 0.3) is 0 Å². The van der Waals surface area contributed by atoms with Gasteiger partial charge in [0.05, 0.1) is 18.6 Å². The van der Waals surface area contributed by atoms with Crippen LogP contribution in [0.5, 0.6) is 5.75 Å². The Morgan fingerprint density at radius 2 is 1.96 bits per heavy atom. The predicted octanol–water partition coefficient (Wildman–Crippen LogP) is 3.32. The lowest BCUT2D eigenvalue weighted by Gasteiger charge is -2.10. The highest BCUT2D eigenvalue weighted by atomic mass is 32.2. The molecule has 0 fully saturated rings. The van der Waals surface area contributed by atoms with Crippen LogP contribution in [0.15, 0.2) is 45.8 Å². The van der Waals surface area contributed by atoms with Gasteiger partial charge in [-0.05, 0) is 30.7 Å². The second-order valence-electron chi connectivity index (χ2n) is 5.65. The number of nitrogens with zero attached hydrogens (tertiary/aromatic N) is 1. The maximum atomic E-state index is 12.6. The maximum absolute atomic E-state index is 12.6. The molecule has 27 heavy (non-hydrogen) atoms. The zero-order chi connectivity index (χ0) is 19.2. The van der Waals surface area contributed by atoms with Crippen LogP contribution in [-0.4, -0.2) is 42.2 Å². The zero-order valence-electron chi connectivity index (χ0n) is 14.6. The topological polar surface area (TPSA) is 95.7 Å². The van der Waals surface area contributed by atoms with Crippen molar-refractivity contribution in [3.8, 4) is 5.75 Å². The van der Waals surface area contributed by atoms with Gasteiger partial charge in [-0.1, -0.05) is 23.4 Å². The number of benzene rings is 1. The summed E-state index contributed by atoms with van der Waals surface area (Å²) >= 11 is 1.26. The smallest absolute Gasteiger partial charge is 0.361 e. The van der Waals surface area contributed by atoms with E-state index in [2.05, 4.69) is 9.89 Å². The molecule has 1 aromatic heterocycles. The van der Waals surface area contributed by atoms with Gasteiger partial charge in [0.1, 0.15) is 11.3 Å². The van der Waals surface area contributed by atoms with Crippen molar-refractivity contribution < 1.29 is 28.4 Å². The number of ketones is 2. The molecule has 140 valence electrons. The number of allylic oxidation sites excluding steroid dienone is 2. The minimum absolute atomic E-state index is 0.121. The number of para-hydroxylation sites is 1. The summed E-state index contributed by atoms with van der Waals surface area (Å²) < 4.78 is 15.0. The van der Waals surface area contributed by atoms with Crippen LogP contribution in [0, 0.1) is 0 Å². The van der Waals surface area contributed by atoms with Crippen molar-refractivity contribution in [1.82, 2.24) is 5.16 Å². The van der Waals surface area contributed by atoms with Gasteiger partial charge in [-0.3, -0.25) is 9.59 Å². The van der Waals surface area contributed by atoms with E-state index in [1.165, 1.54) is 24.9 Å². The summed E-state index contributed by atoms with van der Waals surface area (Å²) in [5.41, 5.74) is -0.391. The number of thioether (sulfide) groups is 1. The number of Topliss-reactive ketones (excluding diaryl/α,β-unsaturated/α-hetero) is 1. The van der Waals surface area contributed by atoms with Crippen molar-refractivity contribution in [2.24, 2.45) is 0 Å². The molecule has 0 unspecified atom stereocenters. The molecule has 0 amide bonds. The van der Waals surface area contributed by atoms with Crippen LogP contribution in [0.4, 0.5) is 0 Å². The highest BCUT2D eigenvalue weighted by Crippen LogP contribution is 2.31. The maximum Gasteiger partial charge on any atom is 0.361 e. The van der Waals surface area contributed by atoms with Gasteiger partial charge in [0.15, 0.2) is 0 Å². The van der Waals surface area contributed by atoms with E-state index in [9.17, 15) is 14.4 Å². The van der Waals surface area contributed by atoms with Crippen molar-refractivity contribution in [2.75, 3.05) is 19.5 Å². The Morgan fingerprint density at radius 3 is 2.70 bits per heavy atom. The molecule has 0 aliphatic heterocycles. The van der Waals surface area contributed by atoms with Crippen LogP contribution in [0.25, 0.3) is 0 Å². The first kappa shape index (κ1) is 18.9. The first-order valence-electron chi connectivity index (χ1n) is 8.31. The van der Waals surface area contributed by atoms with Crippen molar-refractivity contribution in [1.29, 1.82) is 0 Å². The molecule has 0 bridgehead atoms. The lowest BCUT2D eigenvalue weighted by atomic mass is 10.00. The van der Waals surface area contributed by atoms with Crippen molar-refractivity contribution >= 4 is 29.3 Å². The molecule has 0 saturated heterocycles. The summed E-state index contributed by atoms with van der Waals surface area (Å²) in [6.07, 6.45) is 2.84. The Morgan fingerprint density at radius 1 is 1.19 bits per heavy atom. The Labute approximate surface area is 159 Å². The van der Waals surface area contributed by atoms with E-state index >= 15 is 0 Å². The fourth-order valence-electron chi connectivity index (χ4n) is 2.48. The monoisotopic (exact) mass is 387 g/mol.